The monoisotopic (exact) mass is 255 g/mol. The quantitative estimate of drug-likeness (QED) is 0.882. The number of aliphatic hydroxyl groups is 1. The van der Waals surface area contributed by atoms with Gasteiger partial charge in [-0.3, -0.25) is 4.79 Å². The fourth-order valence-corrected chi connectivity index (χ4v) is 2.02. The number of hydrogen-bond donors (Lipinski definition) is 2. The van der Waals surface area contributed by atoms with Crippen LogP contribution < -0.4 is 5.32 Å². The van der Waals surface area contributed by atoms with Gasteiger partial charge in [-0.15, -0.1) is 0 Å². The predicted octanol–water partition coefficient (Wildman–Crippen LogP) is 2.99. The van der Waals surface area contributed by atoms with Gasteiger partial charge in [0.15, 0.2) is 0 Å². The lowest BCUT2D eigenvalue weighted by atomic mass is 10.0. The molecule has 2 aromatic carbocycles. The number of anilines is 1. The van der Waals surface area contributed by atoms with Gasteiger partial charge < -0.3 is 10.4 Å². The molecule has 0 spiro atoms. The topological polar surface area (TPSA) is 49.3 Å². The molecule has 0 heterocycles. The maximum atomic E-state index is 12.3. The van der Waals surface area contributed by atoms with Crippen LogP contribution in [0.1, 0.15) is 28.4 Å². The number of aryl methyl sites for hydroxylation is 1. The number of aliphatic hydroxyl groups excluding tert-OH is 1. The average molecular weight is 255 g/mol. The van der Waals surface area contributed by atoms with Gasteiger partial charge in [-0.05, 0) is 24.1 Å². The summed E-state index contributed by atoms with van der Waals surface area (Å²) in [6.45, 7) is 1.93. The van der Waals surface area contributed by atoms with Crippen LogP contribution in [-0.2, 0) is 13.0 Å². The smallest absolute Gasteiger partial charge is 0.255 e. The summed E-state index contributed by atoms with van der Waals surface area (Å²) < 4.78 is 0. The van der Waals surface area contributed by atoms with E-state index < -0.39 is 0 Å². The molecule has 0 atom stereocenters. The van der Waals surface area contributed by atoms with Crippen molar-refractivity contribution >= 4 is 11.6 Å². The van der Waals surface area contributed by atoms with E-state index in [4.69, 9.17) is 0 Å². The Morgan fingerprint density at radius 1 is 1.05 bits per heavy atom. The Labute approximate surface area is 112 Å². The normalized spacial score (nSPS) is 10.2. The molecule has 0 aliphatic heterocycles. The molecule has 2 aromatic rings. The summed E-state index contributed by atoms with van der Waals surface area (Å²) in [4.78, 5) is 12.3. The summed E-state index contributed by atoms with van der Waals surface area (Å²) in [6.07, 6.45) is 0.811. The van der Waals surface area contributed by atoms with E-state index in [1.165, 1.54) is 0 Å². The Morgan fingerprint density at radius 3 is 2.37 bits per heavy atom. The number of para-hydroxylation sites is 1. The summed E-state index contributed by atoms with van der Waals surface area (Å²) in [5.41, 5.74) is 3.06. The van der Waals surface area contributed by atoms with E-state index in [1.807, 2.05) is 43.3 Å². The number of rotatable bonds is 4. The lowest BCUT2D eigenvalue weighted by Crippen LogP contribution is -2.15. The van der Waals surface area contributed by atoms with Crippen LogP contribution >= 0.6 is 0 Å². The minimum absolute atomic E-state index is 0.0914. The van der Waals surface area contributed by atoms with Gasteiger partial charge in [0.05, 0.1) is 6.61 Å². The first-order valence-corrected chi connectivity index (χ1v) is 6.34. The first-order valence-electron chi connectivity index (χ1n) is 6.34. The lowest BCUT2D eigenvalue weighted by Gasteiger charge is -2.11. The number of hydrogen-bond acceptors (Lipinski definition) is 2. The van der Waals surface area contributed by atoms with E-state index in [2.05, 4.69) is 5.32 Å². The lowest BCUT2D eigenvalue weighted by molar-refractivity contribution is 0.102. The van der Waals surface area contributed by atoms with E-state index in [0.29, 0.717) is 16.8 Å². The Bertz CT molecular complexity index is 578. The van der Waals surface area contributed by atoms with Crippen molar-refractivity contribution in [3.63, 3.8) is 0 Å². The van der Waals surface area contributed by atoms with E-state index in [0.717, 1.165) is 12.0 Å². The minimum Gasteiger partial charge on any atom is -0.392 e. The maximum Gasteiger partial charge on any atom is 0.255 e. The van der Waals surface area contributed by atoms with Gasteiger partial charge in [-0.1, -0.05) is 43.3 Å². The fourth-order valence-electron chi connectivity index (χ4n) is 2.02. The van der Waals surface area contributed by atoms with Crippen LogP contribution in [0.15, 0.2) is 48.5 Å². The summed E-state index contributed by atoms with van der Waals surface area (Å²) >= 11 is 0. The van der Waals surface area contributed by atoms with Crippen LogP contribution in [0.25, 0.3) is 0 Å². The zero-order valence-electron chi connectivity index (χ0n) is 10.9. The van der Waals surface area contributed by atoms with Gasteiger partial charge in [-0.25, -0.2) is 0 Å². The van der Waals surface area contributed by atoms with Crippen molar-refractivity contribution in [2.24, 2.45) is 0 Å². The van der Waals surface area contributed by atoms with Crippen LogP contribution in [0.4, 0.5) is 5.69 Å². The van der Waals surface area contributed by atoms with Crippen LogP contribution in [0.3, 0.4) is 0 Å². The number of carbonyl (C=O) groups is 1. The van der Waals surface area contributed by atoms with Crippen molar-refractivity contribution in [2.75, 3.05) is 5.32 Å². The fraction of sp³-hybridized carbons (Fsp3) is 0.188. The Morgan fingerprint density at radius 2 is 1.68 bits per heavy atom. The zero-order valence-corrected chi connectivity index (χ0v) is 10.9. The van der Waals surface area contributed by atoms with Gasteiger partial charge in [-0.2, -0.15) is 0 Å². The van der Waals surface area contributed by atoms with Crippen molar-refractivity contribution < 1.29 is 9.90 Å². The molecule has 19 heavy (non-hydrogen) atoms. The predicted molar refractivity (Wildman–Crippen MR) is 76.1 cm³/mol. The standard InChI is InChI=1S/C16H17NO2/c1-2-12-7-3-5-9-14(12)16(19)17-15-10-6-4-8-13(15)11-18/h3-10,18H,2,11H2,1H3,(H,17,19). The molecule has 0 unspecified atom stereocenters. The molecule has 0 aromatic heterocycles. The van der Waals surface area contributed by atoms with Gasteiger partial charge in [0, 0.05) is 16.8 Å². The number of benzene rings is 2. The maximum absolute atomic E-state index is 12.3. The third-order valence-electron chi connectivity index (χ3n) is 3.08. The highest BCUT2D eigenvalue weighted by Crippen LogP contribution is 2.17. The molecule has 1 amide bonds. The summed E-state index contributed by atoms with van der Waals surface area (Å²) in [7, 11) is 0. The van der Waals surface area contributed by atoms with Crippen molar-refractivity contribution in [3.8, 4) is 0 Å². The summed E-state index contributed by atoms with van der Waals surface area (Å²) in [5.74, 6) is -0.140. The molecule has 0 aliphatic rings. The minimum atomic E-state index is -0.140. The molecule has 0 fully saturated rings. The van der Waals surface area contributed by atoms with Crippen LogP contribution in [0.2, 0.25) is 0 Å². The Kier molecular flexibility index (Phi) is 4.31. The molecule has 2 rings (SSSR count). The molecule has 98 valence electrons. The summed E-state index contributed by atoms with van der Waals surface area (Å²) in [5, 5.41) is 12.1. The summed E-state index contributed by atoms with van der Waals surface area (Å²) in [6, 6.07) is 14.8. The SMILES string of the molecule is CCc1ccccc1C(=O)Nc1ccccc1CO. The van der Waals surface area contributed by atoms with Crippen LogP contribution in [-0.4, -0.2) is 11.0 Å². The van der Waals surface area contributed by atoms with Crippen LogP contribution in [0, 0.1) is 0 Å². The molecule has 0 saturated heterocycles. The van der Waals surface area contributed by atoms with Gasteiger partial charge in [0.25, 0.3) is 5.91 Å². The van der Waals surface area contributed by atoms with Crippen molar-refractivity contribution in [3.05, 3.63) is 65.2 Å². The molecule has 0 saturated carbocycles. The molecular weight excluding hydrogens is 238 g/mol. The third kappa shape index (κ3) is 3.01. The van der Waals surface area contributed by atoms with E-state index in [9.17, 15) is 9.90 Å². The van der Waals surface area contributed by atoms with Crippen molar-refractivity contribution in [2.45, 2.75) is 20.0 Å². The highest BCUT2D eigenvalue weighted by Gasteiger charge is 2.11. The largest absolute Gasteiger partial charge is 0.392 e. The van der Waals surface area contributed by atoms with Crippen molar-refractivity contribution in [1.29, 1.82) is 0 Å². The second-order valence-electron chi connectivity index (χ2n) is 4.28. The van der Waals surface area contributed by atoms with E-state index in [1.54, 1.807) is 12.1 Å². The molecular formula is C16H17NO2. The van der Waals surface area contributed by atoms with Gasteiger partial charge in [0.1, 0.15) is 0 Å². The second-order valence-corrected chi connectivity index (χ2v) is 4.28. The second kappa shape index (κ2) is 6.16. The number of nitrogens with one attached hydrogen (secondary N) is 1. The first kappa shape index (κ1) is 13.3. The molecule has 0 radical (unpaired) electrons. The Balaban J connectivity index is 2.26. The van der Waals surface area contributed by atoms with Gasteiger partial charge in [0.2, 0.25) is 0 Å². The van der Waals surface area contributed by atoms with Crippen LogP contribution in [0.5, 0.6) is 0 Å². The number of amides is 1. The van der Waals surface area contributed by atoms with E-state index >= 15 is 0 Å². The van der Waals surface area contributed by atoms with E-state index in [-0.39, 0.29) is 12.5 Å². The molecule has 0 aliphatic carbocycles. The van der Waals surface area contributed by atoms with Crippen molar-refractivity contribution in [1.82, 2.24) is 0 Å². The zero-order chi connectivity index (χ0) is 13.7. The average Bonchev–Trinajstić information content (AvgIpc) is 2.47. The highest BCUT2D eigenvalue weighted by molar-refractivity contribution is 6.05. The Hall–Kier alpha value is -2.13. The number of carbonyl (C=O) groups excluding carboxylic acids is 1. The third-order valence-corrected chi connectivity index (χ3v) is 3.08. The highest BCUT2D eigenvalue weighted by atomic mass is 16.3. The molecule has 2 N–H and O–H groups in total. The molecule has 3 nitrogen and oxygen atoms in total. The molecule has 3 heteroatoms. The van der Waals surface area contributed by atoms with Gasteiger partial charge >= 0.3 is 0 Å². The first-order chi connectivity index (χ1) is 9.26. The molecule has 0 bridgehead atoms.